The van der Waals surface area contributed by atoms with E-state index in [2.05, 4.69) is 4.98 Å². The van der Waals surface area contributed by atoms with Crippen molar-refractivity contribution in [3.8, 4) is 0 Å². The Labute approximate surface area is 149 Å². The molecule has 0 saturated carbocycles. The van der Waals surface area contributed by atoms with Crippen LogP contribution in [0.1, 0.15) is 21.7 Å². The lowest BCUT2D eigenvalue weighted by molar-refractivity contribution is -0.391. The molecule has 0 unspecified atom stereocenters. The van der Waals surface area contributed by atoms with Gasteiger partial charge in [0.2, 0.25) is 5.82 Å². The normalized spacial score (nSPS) is 11.2. The Kier molecular flexibility index (Phi) is 4.89. The summed E-state index contributed by atoms with van der Waals surface area (Å²) in [5.41, 5.74) is 1.06. The number of imidazole rings is 1. The Balaban J connectivity index is 1.99. The molecule has 26 heavy (non-hydrogen) atoms. The van der Waals surface area contributed by atoms with E-state index in [0.717, 1.165) is 6.20 Å². The largest absolute Gasteiger partial charge is 0.422 e. The zero-order valence-electron chi connectivity index (χ0n) is 13.9. The SMILES string of the molecule is Cn1c([N+](=O)[O-])cnc1/C=C(/OC(=O)c1ccccc1)c1ccccc1. The van der Waals surface area contributed by atoms with Crippen LogP contribution in [-0.4, -0.2) is 20.4 Å². The van der Waals surface area contributed by atoms with Crippen molar-refractivity contribution in [3.05, 3.63) is 93.9 Å². The molecule has 0 aliphatic carbocycles. The molecule has 2 aromatic carbocycles. The van der Waals surface area contributed by atoms with Gasteiger partial charge in [0.25, 0.3) is 0 Å². The number of aromatic nitrogens is 2. The highest BCUT2D eigenvalue weighted by atomic mass is 16.6. The number of nitrogens with zero attached hydrogens (tertiary/aromatic N) is 3. The smallest absolute Gasteiger partial charge is 0.343 e. The maximum Gasteiger partial charge on any atom is 0.343 e. The van der Waals surface area contributed by atoms with Crippen LogP contribution in [0.3, 0.4) is 0 Å². The molecule has 0 N–H and O–H groups in total. The third kappa shape index (κ3) is 3.67. The van der Waals surface area contributed by atoms with Gasteiger partial charge in [-0.05, 0) is 17.1 Å². The summed E-state index contributed by atoms with van der Waals surface area (Å²) < 4.78 is 6.87. The van der Waals surface area contributed by atoms with E-state index in [1.54, 1.807) is 54.6 Å². The van der Waals surface area contributed by atoms with E-state index < -0.39 is 10.9 Å². The lowest BCUT2D eigenvalue weighted by Crippen LogP contribution is -2.05. The number of esters is 1. The third-order valence-corrected chi connectivity index (χ3v) is 3.72. The number of carbonyl (C=O) groups is 1. The average Bonchev–Trinajstić information content (AvgIpc) is 3.03. The predicted octanol–water partition coefficient (Wildman–Crippen LogP) is 3.68. The lowest BCUT2D eigenvalue weighted by Gasteiger charge is -2.09. The first-order valence-electron chi connectivity index (χ1n) is 7.76. The molecule has 0 radical (unpaired) electrons. The first kappa shape index (κ1) is 17.1. The molecule has 3 rings (SSSR count). The van der Waals surface area contributed by atoms with E-state index in [1.165, 1.54) is 17.7 Å². The summed E-state index contributed by atoms with van der Waals surface area (Å²) in [6, 6.07) is 17.6. The Morgan fingerprint density at radius 3 is 2.19 bits per heavy atom. The summed E-state index contributed by atoms with van der Waals surface area (Å²) >= 11 is 0. The molecule has 0 fully saturated rings. The van der Waals surface area contributed by atoms with Crippen LogP contribution in [0.2, 0.25) is 0 Å². The van der Waals surface area contributed by atoms with Gasteiger partial charge in [-0.1, -0.05) is 48.5 Å². The van der Waals surface area contributed by atoms with Crippen LogP contribution in [0.15, 0.2) is 66.9 Å². The Morgan fingerprint density at radius 2 is 1.65 bits per heavy atom. The molecule has 3 aromatic rings. The van der Waals surface area contributed by atoms with Crippen molar-refractivity contribution in [2.45, 2.75) is 0 Å². The summed E-state index contributed by atoms with van der Waals surface area (Å²) in [7, 11) is 1.53. The van der Waals surface area contributed by atoms with Crippen LogP contribution < -0.4 is 0 Å². The lowest BCUT2D eigenvalue weighted by atomic mass is 10.1. The molecule has 7 heteroatoms. The topological polar surface area (TPSA) is 87.3 Å². The molecule has 130 valence electrons. The Hall–Kier alpha value is -3.74. The van der Waals surface area contributed by atoms with E-state index in [-0.39, 0.29) is 11.6 Å². The number of hydrogen-bond acceptors (Lipinski definition) is 5. The van der Waals surface area contributed by atoms with Crippen molar-refractivity contribution in [1.82, 2.24) is 9.55 Å². The standard InChI is InChI=1S/C19H15N3O4/c1-21-17(20-13-18(21)22(24)25)12-16(14-8-4-2-5-9-14)26-19(23)15-10-6-3-7-11-15/h2-13H,1H3/b16-12+. The van der Waals surface area contributed by atoms with Crippen molar-refractivity contribution in [1.29, 1.82) is 0 Å². The van der Waals surface area contributed by atoms with Gasteiger partial charge in [-0.25, -0.2) is 14.3 Å². The van der Waals surface area contributed by atoms with Crippen LogP contribution in [0.4, 0.5) is 5.82 Å². The van der Waals surface area contributed by atoms with Gasteiger partial charge < -0.3 is 14.9 Å². The zero-order valence-corrected chi connectivity index (χ0v) is 13.9. The van der Waals surface area contributed by atoms with Gasteiger partial charge in [-0.2, -0.15) is 0 Å². The number of carbonyl (C=O) groups excluding carboxylic acids is 1. The van der Waals surface area contributed by atoms with Crippen molar-refractivity contribution in [2.75, 3.05) is 0 Å². The summed E-state index contributed by atoms with van der Waals surface area (Å²) in [6.07, 6.45) is 2.66. The van der Waals surface area contributed by atoms with E-state index in [9.17, 15) is 14.9 Å². The molecule has 1 aromatic heterocycles. The molecule has 0 spiro atoms. The predicted molar refractivity (Wildman–Crippen MR) is 96.0 cm³/mol. The molecular formula is C19H15N3O4. The van der Waals surface area contributed by atoms with E-state index in [0.29, 0.717) is 17.0 Å². The fourth-order valence-corrected chi connectivity index (χ4v) is 2.34. The van der Waals surface area contributed by atoms with Gasteiger partial charge in [0, 0.05) is 11.6 Å². The van der Waals surface area contributed by atoms with E-state index in [4.69, 9.17) is 4.74 Å². The van der Waals surface area contributed by atoms with Crippen molar-refractivity contribution < 1.29 is 14.5 Å². The number of ether oxygens (including phenoxy) is 1. The van der Waals surface area contributed by atoms with Crippen LogP contribution >= 0.6 is 0 Å². The summed E-state index contributed by atoms with van der Waals surface area (Å²) in [5.74, 6) is -0.123. The maximum absolute atomic E-state index is 12.4. The number of nitro groups is 1. The fraction of sp³-hybridized carbons (Fsp3) is 0.0526. The first-order valence-corrected chi connectivity index (χ1v) is 7.76. The minimum absolute atomic E-state index is 0.155. The molecule has 0 saturated heterocycles. The highest BCUT2D eigenvalue weighted by Crippen LogP contribution is 2.22. The summed E-state index contributed by atoms with van der Waals surface area (Å²) in [6.45, 7) is 0. The third-order valence-electron chi connectivity index (χ3n) is 3.72. The van der Waals surface area contributed by atoms with Gasteiger partial charge in [-0.3, -0.25) is 0 Å². The molecule has 0 amide bonds. The Bertz CT molecular complexity index is 963. The maximum atomic E-state index is 12.4. The molecular weight excluding hydrogens is 334 g/mol. The quantitative estimate of drug-likeness (QED) is 0.303. The number of benzene rings is 2. The van der Waals surface area contributed by atoms with Gasteiger partial charge in [0.1, 0.15) is 12.0 Å². The highest BCUT2D eigenvalue weighted by molar-refractivity contribution is 5.95. The van der Waals surface area contributed by atoms with Crippen molar-refractivity contribution in [3.63, 3.8) is 0 Å². The van der Waals surface area contributed by atoms with Crippen LogP contribution in [0.5, 0.6) is 0 Å². The minimum atomic E-state index is -0.525. The van der Waals surface area contributed by atoms with E-state index in [1.807, 2.05) is 6.07 Å². The van der Waals surface area contributed by atoms with Crippen molar-refractivity contribution >= 4 is 23.6 Å². The van der Waals surface area contributed by atoms with Gasteiger partial charge in [0.15, 0.2) is 0 Å². The monoisotopic (exact) mass is 349 g/mol. The highest BCUT2D eigenvalue weighted by Gasteiger charge is 2.18. The number of rotatable bonds is 5. The second-order valence-corrected chi connectivity index (χ2v) is 5.42. The molecule has 7 nitrogen and oxygen atoms in total. The van der Waals surface area contributed by atoms with Crippen LogP contribution in [-0.2, 0) is 11.8 Å². The van der Waals surface area contributed by atoms with Crippen LogP contribution in [0.25, 0.3) is 11.8 Å². The zero-order chi connectivity index (χ0) is 18.5. The molecule has 0 aliphatic heterocycles. The van der Waals surface area contributed by atoms with Crippen molar-refractivity contribution in [2.24, 2.45) is 7.05 Å². The average molecular weight is 349 g/mol. The second kappa shape index (κ2) is 7.43. The first-order chi connectivity index (χ1) is 12.6. The molecule has 1 heterocycles. The number of hydrogen-bond donors (Lipinski definition) is 0. The molecule has 0 aliphatic rings. The van der Waals surface area contributed by atoms with Gasteiger partial charge in [0.05, 0.1) is 12.6 Å². The molecule has 0 bridgehead atoms. The van der Waals surface area contributed by atoms with Gasteiger partial charge in [-0.15, -0.1) is 0 Å². The fourth-order valence-electron chi connectivity index (χ4n) is 2.34. The second-order valence-electron chi connectivity index (χ2n) is 5.42. The van der Waals surface area contributed by atoms with E-state index >= 15 is 0 Å². The summed E-state index contributed by atoms with van der Waals surface area (Å²) in [5, 5.41) is 11.0. The van der Waals surface area contributed by atoms with Crippen LogP contribution in [0, 0.1) is 10.1 Å². The molecule has 0 atom stereocenters. The summed E-state index contributed by atoms with van der Waals surface area (Å²) in [4.78, 5) is 26.9. The minimum Gasteiger partial charge on any atom is -0.422 e. The Morgan fingerprint density at radius 1 is 1.08 bits per heavy atom. The van der Waals surface area contributed by atoms with Gasteiger partial charge >= 0.3 is 11.8 Å².